The molecular weight excluding hydrogens is 330 g/mol. The first-order valence-electron chi connectivity index (χ1n) is 9.00. The lowest BCUT2D eigenvalue weighted by Gasteiger charge is -2.31. The Balaban J connectivity index is 1.40. The number of carbonyl (C=O) groups is 2. The highest BCUT2D eigenvalue weighted by atomic mass is 16.6. The van der Waals surface area contributed by atoms with E-state index in [1.165, 1.54) is 0 Å². The van der Waals surface area contributed by atoms with Crippen molar-refractivity contribution < 1.29 is 19.1 Å². The number of hydrogen-bond donors (Lipinski definition) is 0. The predicted octanol–water partition coefficient (Wildman–Crippen LogP) is 3.19. The molecule has 0 radical (unpaired) electrons. The summed E-state index contributed by atoms with van der Waals surface area (Å²) in [5.41, 5.74) is 1.35. The van der Waals surface area contributed by atoms with Crippen molar-refractivity contribution in [3.63, 3.8) is 0 Å². The maximum absolute atomic E-state index is 12.8. The van der Waals surface area contributed by atoms with Crippen LogP contribution in [0, 0.1) is 5.92 Å². The van der Waals surface area contributed by atoms with Crippen LogP contribution in [0.2, 0.25) is 0 Å². The van der Waals surface area contributed by atoms with Crippen LogP contribution in [-0.4, -0.2) is 42.9 Å². The van der Waals surface area contributed by atoms with Gasteiger partial charge in [-0.15, -0.1) is 0 Å². The molecule has 1 amide bonds. The number of benzene rings is 2. The maximum Gasteiger partial charge on any atom is 0.253 e. The molecule has 2 aromatic rings. The summed E-state index contributed by atoms with van der Waals surface area (Å²) in [6.45, 7) is 2.22. The van der Waals surface area contributed by atoms with Gasteiger partial charge in [-0.2, -0.15) is 0 Å². The van der Waals surface area contributed by atoms with Gasteiger partial charge in [0.2, 0.25) is 0 Å². The number of Topliss-reactive ketones (excluding diaryl/α,β-unsaturated/α-hetero) is 1. The summed E-state index contributed by atoms with van der Waals surface area (Å²) in [5.74, 6) is 1.45. The van der Waals surface area contributed by atoms with Crippen LogP contribution in [0.5, 0.6) is 11.5 Å². The molecule has 0 saturated carbocycles. The summed E-state index contributed by atoms with van der Waals surface area (Å²) in [4.78, 5) is 27.2. The average Bonchev–Trinajstić information content (AvgIpc) is 2.73. The summed E-state index contributed by atoms with van der Waals surface area (Å²) in [5, 5.41) is 0. The lowest BCUT2D eigenvalue weighted by Crippen LogP contribution is -2.40. The van der Waals surface area contributed by atoms with Crippen molar-refractivity contribution in [2.24, 2.45) is 5.92 Å². The molecule has 0 unspecified atom stereocenters. The molecule has 0 atom stereocenters. The van der Waals surface area contributed by atoms with Crippen molar-refractivity contribution in [3.05, 3.63) is 59.7 Å². The van der Waals surface area contributed by atoms with E-state index in [1.54, 1.807) is 18.2 Å². The number of likely N-dealkylation sites (tertiary alicyclic amines) is 1. The Morgan fingerprint density at radius 2 is 1.54 bits per heavy atom. The van der Waals surface area contributed by atoms with E-state index in [4.69, 9.17) is 9.47 Å². The van der Waals surface area contributed by atoms with Crippen LogP contribution in [0.1, 0.15) is 33.6 Å². The minimum absolute atomic E-state index is 0.0123. The van der Waals surface area contributed by atoms with E-state index in [0.29, 0.717) is 56.2 Å². The van der Waals surface area contributed by atoms with Gasteiger partial charge in [-0.1, -0.05) is 30.3 Å². The van der Waals surface area contributed by atoms with Gasteiger partial charge in [0.25, 0.3) is 5.91 Å². The molecular formula is C21H21NO4. The Kier molecular flexibility index (Phi) is 4.61. The Labute approximate surface area is 152 Å². The first-order chi connectivity index (χ1) is 12.7. The number of ketones is 1. The van der Waals surface area contributed by atoms with E-state index in [1.807, 2.05) is 35.2 Å². The number of fused-ring (bicyclic) bond motifs is 1. The van der Waals surface area contributed by atoms with Gasteiger partial charge >= 0.3 is 0 Å². The van der Waals surface area contributed by atoms with E-state index in [-0.39, 0.29) is 17.6 Å². The zero-order chi connectivity index (χ0) is 17.9. The lowest BCUT2D eigenvalue weighted by atomic mass is 9.88. The molecule has 0 N–H and O–H groups in total. The van der Waals surface area contributed by atoms with E-state index in [2.05, 4.69) is 0 Å². The van der Waals surface area contributed by atoms with Crippen molar-refractivity contribution >= 4 is 11.7 Å². The Bertz CT molecular complexity index is 810. The minimum atomic E-state index is -0.0208. The highest BCUT2D eigenvalue weighted by molar-refractivity contribution is 5.98. The number of piperidine rings is 1. The maximum atomic E-state index is 12.8. The lowest BCUT2D eigenvalue weighted by molar-refractivity contribution is 0.0649. The van der Waals surface area contributed by atoms with Crippen LogP contribution in [0.4, 0.5) is 0 Å². The average molecular weight is 351 g/mol. The second kappa shape index (κ2) is 7.20. The number of rotatable bonds is 3. The molecule has 5 heteroatoms. The van der Waals surface area contributed by atoms with Crippen LogP contribution in [0.3, 0.4) is 0 Å². The van der Waals surface area contributed by atoms with Crippen molar-refractivity contribution in [2.45, 2.75) is 12.8 Å². The number of amides is 1. The summed E-state index contributed by atoms with van der Waals surface area (Å²) in [6, 6.07) is 14.7. The molecule has 0 aliphatic carbocycles. The van der Waals surface area contributed by atoms with Gasteiger partial charge in [0.1, 0.15) is 13.2 Å². The quantitative estimate of drug-likeness (QED) is 0.797. The summed E-state index contributed by atoms with van der Waals surface area (Å²) in [7, 11) is 0. The highest BCUT2D eigenvalue weighted by Crippen LogP contribution is 2.31. The third-order valence-corrected chi connectivity index (χ3v) is 5.00. The van der Waals surface area contributed by atoms with Gasteiger partial charge in [0, 0.05) is 30.1 Å². The van der Waals surface area contributed by atoms with Crippen LogP contribution >= 0.6 is 0 Å². The van der Waals surface area contributed by atoms with Gasteiger partial charge < -0.3 is 14.4 Å². The van der Waals surface area contributed by atoms with Crippen molar-refractivity contribution in [2.75, 3.05) is 26.3 Å². The third kappa shape index (κ3) is 3.29. The normalized spacial score (nSPS) is 17.0. The first kappa shape index (κ1) is 16.6. The Morgan fingerprint density at radius 1 is 0.846 bits per heavy atom. The Morgan fingerprint density at radius 3 is 2.27 bits per heavy atom. The van der Waals surface area contributed by atoms with Gasteiger partial charge in [0.15, 0.2) is 17.3 Å². The molecule has 2 aliphatic heterocycles. The molecule has 4 rings (SSSR count). The number of ether oxygens (including phenoxy) is 2. The molecule has 26 heavy (non-hydrogen) atoms. The summed E-state index contributed by atoms with van der Waals surface area (Å²) >= 11 is 0. The SMILES string of the molecule is O=C(c1ccccc1)C1CCN(C(=O)c2ccc3c(c2)OCCO3)CC1. The van der Waals surface area contributed by atoms with E-state index < -0.39 is 0 Å². The third-order valence-electron chi connectivity index (χ3n) is 5.00. The molecule has 5 nitrogen and oxygen atoms in total. The zero-order valence-corrected chi connectivity index (χ0v) is 14.5. The largest absolute Gasteiger partial charge is 0.486 e. The first-order valence-corrected chi connectivity index (χ1v) is 9.00. The molecule has 2 aliphatic rings. The highest BCUT2D eigenvalue weighted by Gasteiger charge is 2.28. The molecule has 2 aromatic carbocycles. The van der Waals surface area contributed by atoms with E-state index >= 15 is 0 Å². The van der Waals surface area contributed by atoms with Crippen molar-refractivity contribution in [3.8, 4) is 11.5 Å². The molecule has 2 heterocycles. The van der Waals surface area contributed by atoms with Crippen molar-refractivity contribution in [1.82, 2.24) is 4.90 Å². The standard InChI is InChI=1S/C21H21NO4/c23-20(15-4-2-1-3-5-15)16-8-10-22(11-9-16)21(24)17-6-7-18-19(14-17)26-13-12-25-18/h1-7,14,16H,8-13H2. The van der Waals surface area contributed by atoms with Gasteiger partial charge in [-0.05, 0) is 31.0 Å². The molecule has 0 bridgehead atoms. The van der Waals surface area contributed by atoms with Crippen LogP contribution in [0.25, 0.3) is 0 Å². The topological polar surface area (TPSA) is 55.8 Å². The minimum Gasteiger partial charge on any atom is -0.486 e. The smallest absolute Gasteiger partial charge is 0.253 e. The van der Waals surface area contributed by atoms with E-state index in [0.717, 1.165) is 5.56 Å². The number of hydrogen-bond acceptors (Lipinski definition) is 4. The fourth-order valence-corrected chi connectivity index (χ4v) is 3.54. The fourth-order valence-electron chi connectivity index (χ4n) is 3.54. The second-order valence-corrected chi connectivity index (χ2v) is 6.66. The van der Waals surface area contributed by atoms with Gasteiger partial charge in [-0.25, -0.2) is 0 Å². The van der Waals surface area contributed by atoms with Gasteiger partial charge in [0.05, 0.1) is 0 Å². The number of nitrogens with zero attached hydrogens (tertiary/aromatic N) is 1. The molecule has 134 valence electrons. The van der Waals surface area contributed by atoms with E-state index in [9.17, 15) is 9.59 Å². The van der Waals surface area contributed by atoms with Crippen molar-refractivity contribution in [1.29, 1.82) is 0 Å². The molecule has 1 saturated heterocycles. The monoisotopic (exact) mass is 351 g/mol. The molecule has 0 aromatic heterocycles. The summed E-state index contributed by atoms with van der Waals surface area (Å²) in [6.07, 6.45) is 1.40. The zero-order valence-electron chi connectivity index (χ0n) is 14.5. The Hall–Kier alpha value is -2.82. The summed E-state index contributed by atoms with van der Waals surface area (Å²) < 4.78 is 11.1. The fraction of sp³-hybridized carbons (Fsp3) is 0.333. The predicted molar refractivity (Wildman–Crippen MR) is 96.8 cm³/mol. The number of carbonyl (C=O) groups excluding carboxylic acids is 2. The van der Waals surface area contributed by atoms with Crippen LogP contribution in [-0.2, 0) is 0 Å². The van der Waals surface area contributed by atoms with Crippen LogP contribution in [0.15, 0.2) is 48.5 Å². The second-order valence-electron chi connectivity index (χ2n) is 6.66. The molecule has 1 fully saturated rings. The van der Waals surface area contributed by atoms with Crippen LogP contribution < -0.4 is 9.47 Å². The molecule has 0 spiro atoms. The van der Waals surface area contributed by atoms with Gasteiger partial charge in [-0.3, -0.25) is 9.59 Å².